The van der Waals surface area contributed by atoms with Gasteiger partial charge in [-0.05, 0) is 57.1 Å². The van der Waals surface area contributed by atoms with E-state index in [0.29, 0.717) is 44.5 Å². The van der Waals surface area contributed by atoms with Crippen molar-refractivity contribution in [2.24, 2.45) is 27.9 Å². The minimum atomic E-state index is -1.16. The molecule has 15 heteroatoms. The van der Waals surface area contributed by atoms with Gasteiger partial charge < -0.3 is 44.0 Å². The molecule has 202 valence electrons. The lowest BCUT2D eigenvalue weighted by atomic mass is 10.1. The Morgan fingerprint density at radius 2 is 1.51 bits per heavy atom. The lowest BCUT2D eigenvalue weighted by Gasteiger charge is -2.24. The Balaban J connectivity index is 5.14. The van der Waals surface area contributed by atoms with Crippen LogP contribution in [0.1, 0.15) is 38.5 Å². The van der Waals surface area contributed by atoms with Crippen molar-refractivity contribution in [2.75, 3.05) is 30.9 Å². The molecule has 0 fully saturated rings. The highest BCUT2D eigenvalue weighted by Crippen LogP contribution is 2.06. The third-order valence-corrected chi connectivity index (χ3v) is 5.93. The highest BCUT2D eigenvalue weighted by Gasteiger charge is 2.29. The zero-order chi connectivity index (χ0) is 26.8. The maximum Gasteiger partial charge on any atom is 0.326 e. The topological polar surface area (TPSA) is 241 Å². The third kappa shape index (κ3) is 14.7. The van der Waals surface area contributed by atoms with E-state index in [1.165, 1.54) is 11.8 Å². The first kappa shape index (κ1) is 32.8. The van der Waals surface area contributed by atoms with Gasteiger partial charge in [0.05, 0.1) is 6.04 Å². The van der Waals surface area contributed by atoms with Gasteiger partial charge in [0.2, 0.25) is 17.7 Å². The molecular weight excluding hydrogens is 496 g/mol. The van der Waals surface area contributed by atoms with E-state index in [0.717, 1.165) is 0 Å². The van der Waals surface area contributed by atoms with E-state index in [1.54, 1.807) is 0 Å². The van der Waals surface area contributed by atoms with Crippen molar-refractivity contribution >= 4 is 54.0 Å². The summed E-state index contributed by atoms with van der Waals surface area (Å²) in [5.74, 6) is -2.53. The number of unbranched alkanes of at least 4 members (excludes halogenated alkanes) is 1. The van der Waals surface area contributed by atoms with Crippen LogP contribution >= 0.6 is 24.4 Å². The zero-order valence-corrected chi connectivity index (χ0v) is 21.8. The van der Waals surface area contributed by atoms with Crippen molar-refractivity contribution in [3.8, 4) is 0 Å². The molecular formula is C20H40N8O5S2. The number of nitrogens with two attached hydrogens (primary N) is 4. The largest absolute Gasteiger partial charge is 0.480 e. The molecule has 0 saturated heterocycles. The summed E-state index contributed by atoms with van der Waals surface area (Å²) in [5, 5.41) is 17.0. The van der Waals surface area contributed by atoms with Crippen LogP contribution in [0.25, 0.3) is 0 Å². The number of carboxylic acid groups (broad SMARTS) is 1. The van der Waals surface area contributed by atoms with Crippen LogP contribution in [-0.2, 0) is 19.2 Å². The van der Waals surface area contributed by atoms with E-state index in [-0.39, 0.29) is 24.6 Å². The van der Waals surface area contributed by atoms with E-state index >= 15 is 0 Å². The summed E-state index contributed by atoms with van der Waals surface area (Å²) in [6.07, 6.45) is 4.24. The Morgan fingerprint density at radius 1 is 0.914 bits per heavy atom. The first-order valence-corrected chi connectivity index (χ1v) is 13.3. The van der Waals surface area contributed by atoms with E-state index in [9.17, 15) is 24.3 Å². The second-order valence-corrected chi connectivity index (χ2v) is 9.18. The summed E-state index contributed by atoms with van der Waals surface area (Å²) >= 11 is 5.59. The van der Waals surface area contributed by atoms with Crippen molar-refractivity contribution in [2.45, 2.75) is 62.7 Å². The molecule has 3 amide bonds. The van der Waals surface area contributed by atoms with Crippen molar-refractivity contribution in [3.05, 3.63) is 0 Å². The number of thiol groups is 1. The normalized spacial score (nSPS) is 14.2. The molecule has 0 radical (unpaired) electrons. The predicted octanol–water partition coefficient (Wildman–Crippen LogP) is -2.28. The fraction of sp³-hybridized carbons (Fsp3) is 0.750. The second-order valence-electron chi connectivity index (χ2n) is 7.83. The maximum atomic E-state index is 12.8. The number of carboxylic acids is 1. The number of carbonyl (C=O) groups is 4. The predicted molar refractivity (Wildman–Crippen MR) is 141 cm³/mol. The summed E-state index contributed by atoms with van der Waals surface area (Å²) in [4.78, 5) is 53.3. The Kier molecular flexibility index (Phi) is 17.8. The fourth-order valence-corrected chi connectivity index (χ4v) is 3.65. The third-order valence-electron chi connectivity index (χ3n) is 4.93. The van der Waals surface area contributed by atoms with Gasteiger partial charge >= 0.3 is 5.97 Å². The highest BCUT2D eigenvalue weighted by molar-refractivity contribution is 7.98. The number of hydrogen-bond acceptors (Lipinski definition) is 9. The first-order valence-electron chi connectivity index (χ1n) is 11.3. The molecule has 13 nitrogen and oxygen atoms in total. The zero-order valence-electron chi connectivity index (χ0n) is 20.1. The molecule has 0 aliphatic rings. The lowest BCUT2D eigenvalue weighted by molar-refractivity contribution is -0.142. The fourth-order valence-electron chi connectivity index (χ4n) is 2.92. The number of thioether (sulfide) groups is 1. The molecule has 0 aromatic heterocycles. The molecule has 12 N–H and O–H groups in total. The molecule has 0 heterocycles. The van der Waals surface area contributed by atoms with Gasteiger partial charge in [-0.2, -0.15) is 24.4 Å². The maximum absolute atomic E-state index is 12.8. The number of amides is 3. The summed E-state index contributed by atoms with van der Waals surface area (Å²) < 4.78 is 0. The average molecular weight is 537 g/mol. The molecule has 0 bridgehead atoms. The monoisotopic (exact) mass is 536 g/mol. The van der Waals surface area contributed by atoms with Crippen LogP contribution < -0.4 is 38.9 Å². The van der Waals surface area contributed by atoms with E-state index in [2.05, 4.69) is 33.6 Å². The molecule has 0 aliphatic carbocycles. The standard InChI is InChI=1S/C20H40N8O5S2/c1-35-10-7-14(19(32)33)27-17(30)13(6-2-3-8-21)26-18(31)15(11-34)28-16(29)12(22)5-4-9-25-20(23)24/h12-15,34H,2-11,21-22H2,1H3,(H,26,31)(H,27,30)(H,28,29)(H,32,33)(H4,23,24,25). The number of guanidine groups is 1. The van der Waals surface area contributed by atoms with Crippen LogP contribution in [0.2, 0.25) is 0 Å². The molecule has 0 rings (SSSR count). The van der Waals surface area contributed by atoms with Gasteiger partial charge in [0.1, 0.15) is 18.1 Å². The molecule has 0 spiro atoms. The van der Waals surface area contributed by atoms with Crippen molar-refractivity contribution in [1.82, 2.24) is 16.0 Å². The Morgan fingerprint density at radius 3 is 2.06 bits per heavy atom. The van der Waals surface area contributed by atoms with Crippen molar-refractivity contribution in [1.29, 1.82) is 0 Å². The first-order chi connectivity index (χ1) is 16.6. The molecule has 0 aliphatic heterocycles. The number of aliphatic carboxylic acids is 1. The Labute approximate surface area is 215 Å². The molecule has 0 aromatic carbocycles. The Bertz CT molecular complexity index is 709. The van der Waals surface area contributed by atoms with Crippen LogP contribution in [0.5, 0.6) is 0 Å². The lowest BCUT2D eigenvalue weighted by Crippen LogP contribution is -2.57. The minimum absolute atomic E-state index is 0.0408. The van der Waals surface area contributed by atoms with Gasteiger partial charge in [-0.1, -0.05) is 0 Å². The summed E-state index contributed by atoms with van der Waals surface area (Å²) in [6, 6.07) is -4.03. The van der Waals surface area contributed by atoms with Crippen molar-refractivity contribution < 1.29 is 24.3 Å². The van der Waals surface area contributed by atoms with E-state index in [1.807, 2.05) is 6.26 Å². The summed E-state index contributed by atoms with van der Waals surface area (Å²) in [6.45, 7) is 0.720. The summed E-state index contributed by atoms with van der Waals surface area (Å²) in [5.41, 5.74) is 21.9. The van der Waals surface area contributed by atoms with Crippen LogP contribution in [-0.4, -0.2) is 89.8 Å². The van der Waals surface area contributed by atoms with Gasteiger partial charge in [0.15, 0.2) is 5.96 Å². The SMILES string of the molecule is CSCCC(NC(=O)C(CCCCN)NC(=O)C(CS)NC(=O)C(N)CCCN=C(N)N)C(=O)O. The molecule has 4 atom stereocenters. The molecule has 0 saturated carbocycles. The van der Waals surface area contributed by atoms with Gasteiger partial charge in [-0.25, -0.2) is 4.79 Å². The number of nitrogens with zero attached hydrogens (tertiary/aromatic N) is 1. The van der Waals surface area contributed by atoms with Gasteiger partial charge in [-0.15, -0.1) is 0 Å². The molecule has 4 unspecified atom stereocenters. The number of rotatable bonds is 19. The second kappa shape index (κ2) is 19.0. The minimum Gasteiger partial charge on any atom is -0.480 e. The summed E-state index contributed by atoms with van der Waals surface area (Å²) in [7, 11) is 0. The van der Waals surface area contributed by atoms with Crippen LogP contribution in [0.3, 0.4) is 0 Å². The van der Waals surface area contributed by atoms with E-state index in [4.69, 9.17) is 22.9 Å². The number of aliphatic imine (C=N–C) groups is 1. The smallest absolute Gasteiger partial charge is 0.326 e. The quantitative estimate of drug-likeness (QED) is 0.0370. The number of nitrogens with one attached hydrogen (secondary N) is 3. The number of hydrogen-bond donors (Lipinski definition) is 9. The highest BCUT2D eigenvalue weighted by atomic mass is 32.2. The van der Waals surface area contributed by atoms with E-state index < -0.39 is 47.9 Å². The number of carbonyl (C=O) groups excluding carboxylic acids is 3. The average Bonchev–Trinajstić information content (AvgIpc) is 2.81. The Hall–Kier alpha value is -2.23. The van der Waals surface area contributed by atoms with Gasteiger partial charge in [-0.3, -0.25) is 19.4 Å². The van der Waals surface area contributed by atoms with Gasteiger partial charge in [0, 0.05) is 12.3 Å². The van der Waals surface area contributed by atoms with Gasteiger partial charge in [0.25, 0.3) is 0 Å². The van der Waals surface area contributed by atoms with Crippen LogP contribution in [0.4, 0.5) is 0 Å². The van der Waals surface area contributed by atoms with Crippen molar-refractivity contribution in [3.63, 3.8) is 0 Å². The molecule has 0 aromatic rings. The molecule has 35 heavy (non-hydrogen) atoms. The van der Waals surface area contributed by atoms with Crippen LogP contribution in [0, 0.1) is 0 Å². The van der Waals surface area contributed by atoms with Crippen LogP contribution in [0.15, 0.2) is 4.99 Å².